The quantitative estimate of drug-likeness (QED) is 0.404. The van der Waals surface area contributed by atoms with Gasteiger partial charge in [-0.2, -0.15) is 0 Å². The number of hydrogen-bond acceptors (Lipinski definition) is 8. The van der Waals surface area contributed by atoms with E-state index < -0.39 is 27.3 Å². The average Bonchev–Trinajstić information content (AvgIpc) is 2.99. The molecule has 0 unspecified atom stereocenters. The smallest absolute Gasteiger partial charge is 0.336 e. The molecular weight excluding hydrogens is 408 g/mol. The number of carbonyl (C=O) groups excluding carboxylic acids is 2. The normalized spacial score (nSPS) is 17.8. The summed E-state index contributed by atoms with van der Waals surface area (Å²) >= 11 is 0. The van der Waals surface area contributed by atoms with E-state index >= 15 is 0 Å². The van der Waals surface area contributed by atoms with Gasteiger partial charge in [-0.15, -0.1) is 0 Å². The van der Waals surface area contributed by atoms with Gasteiger partial charge in [-0.1, -0.05) is 0 Å². The average molecular weight is 426 g/mol. The van der Waals surface area contributed by atoms with E-state index in [1.54, 1.807) is 6.92 Å². The van der Waals surface area contributed by atoms with Crippen LogP contribution in [0, 0.1) is 20.2 Å². The van der Waals surface area contributed by atoms with Gasteiger partial charge in [0.2, 0.25) is 0 Å². The van der Waals surface area contributed by atoms with Crippen molar-refractivity contribution in [3.8, 4) is 0 Å². The van der Waals surface area contributed by atoms with Gasteiger partial charge in [0.25, 0.3) is 17.3 Å². The number of carbonyl (C=O) groups is 2. The Morgan fingerprint density at radius 2 is 1.55 bits per heavy atom. The minimum atomic E-state index is -1.51. The Labute approximate surface area is 176 Å². The molecule has 1 aliphatic heterocycles. The third kappa shape index (κ3) is 4.06. The first-order chi connectivity index (χ1) is 14.7. The number of nitrogens with zero attached hydrogens (tertiary/aromatic N) is 3. The van der Waals surface area contributed by atoms with E-state index in [0.29, 0.717) is 5.69 Å². The number of nitro groups is 2. The SMILES string of the molecule is CCOC(=O)[C@@]1(C)C=C(Nc2ccc([N+](=O)[O-])cc2)C(=O)N1c1ccc([N+](=O)[O-])cc1. The van der Waals surface area contributed by atoms with Crippen LogP contribution in [0.2, 0.25) is 0 Å². The summed E-state index contributed by atoms with van der Waals surface area (Å²) < 4.78 is 5.14. The number of anilines is 2. The lowest BCUT2D eigenvalue weighted by atomic mass is 10.0. The molecule has 2 aromatic rings. The van der Waals surface area contributed by atoms with E-state index in [4.69, 9.17) is 4.74 Å². The summed E-state index contributed by atoms with van der Waals surface area (Å²) in [6.07, 6.45) is 1.40. The summed E-state index contributed by atoms with van der Waals surface area (Å²) in [6.45, 7) is 3.22. The lowest BCUT2D eigenvalue weighted by Crippen LogP contribution is -2.51. The zero-order valence-electron chi connectivity index (χ0n) is 16.6. The zero-order valence-corrected chi connectivity index (χ0v) is 16.6. The predicted molar refractivity (Wildman–Crippen MR) is 110 cm³/mol. The van der Waals surface area contributed by atoms with Gasteiger partial charge >= 0.3 is 5.97 Å². The van der Waals surface area contributed by atoms with Crippen molar-refractivity contribution in [3.05, 3.63) is 80.5 Å². The van der Waals surface area contributed by atoms with Crippen molar-refractivity contribution in [3.63, 3.8) is 0 Å². The van der Waals surface area contributed by atoms with E-state index in [0.717, 1.165) is 0 Å². The van der Waals surface area contributed by atoms with E-state index in [1.807, 2.05) is 0 Å². The molecule has 11 nitrogen and oxygen atoms in total. The van der Waals surface area contributed by atoms with Gasteiger partial charge in [0, 0.05) is 35.6 Å². The summed E-state index contributed by atoms with van der Waals surface area (Å²) in [5.74, 6) is -1.25. The monoisotopic (exact) mass is 426 g/mol. The molecule has 0 aromatic heterocycles. The molecule has 0 spiro atoms. The molecule has 1 N–H and O–H groups in total. The zero-order chi connectivity index (χ0) is 22.8. The molecule has 0 saturated carbocycles. The first kappa shape index (κ1) is 21.4. The number of benzene rings is 2. The molecule has 31 heavy (non-hydrogen) atoms. The first-order valence-electron chi connectivity index (χ1n) is 9.18. The Morgan fingerprint density at radius 1 is 1.03 bits per heavy atom. The Morgan fingerprint density at radius 3 is 2.03 bits per heavy atom. The Kier molecular flexibility index (Phi) is 5.68. The first-order valence-corrected chi connectivity index (χ1v) is 9.18. The lowest BCUT2D eigenvalue weighted by molar-refractivity contribution is -0.385. The molecule has 3 rings (SSSR count). The summed E-state index contributed by atoms with van der Waals surface area (Å²) in [6, 6.07) is 10.6. The molecule has 0 saturated heterocycles. The molecule has 1 aliphatic rings. The molecule has 1 amide bonds. The highest BCUT2D eigenvalue weighted by atomic mass is 16.6. The fourth-order valence-electron chi connectivity index (χ4n) is 3.19. The van der Waals surface area contributed by atoms with Gasteiger partial charge < -0.3 is 10.1 Å². The van der Waals surface area contributed by atoms with Gasteiger partial charge in [-0.25, -0.2) is 4.79 Å². The maximum Gasteiger partial charge on any atom is 0.336 e. The van der Waals surface area contributed by atoms with Crippen LogP contribution in [0.5, 0.6) is 0 Å². The van der Waals surface area contributed by atoms with Crippen molar-refractivity contribution in [1.82, 2.24) is 0 Å². The molecule has 0 radical (unpaired) electrons. The van der Waals surface area contributed by atoms with Crippen LogP contribution < -0.4 is 10.2 Å². The van der Waals surface area contributed by atoms with E-state index in [1.165, 1.54) is 66.4 Å². The number of amides is 1. The number of non-ortho nitro benzene ring substituents is 2. The number of nitrogens with one attached hydrogen (secondary N) is 1. The van der Waals surface area contributed by atoms with Crippen LogP contribution in [0.4, 0.5) is 22.7 Å². The maximum absolute atomic E-state index is 13.2. The molecule has 1 atom stereocenters. The van der Waals surface area contributed by atoms with Crippen molar-refractivity contribution in [2.45, 2.75) is 19.4 Å². The van der Waals surface area contributed by atoms with Crippen LogP contribution >= 0.6 is 0 Å². The topological polar surface area (TPSA) is 145 Å². The van der Waals surface area contributed by atoms with E-state index in [2.05, 4.69) is 5.32 Å². The second-order valence-electron chi connectivity index (χ2n) is 6.77. The minimum absolute atomic E-state index is 0.0581. The van der Waals surface area contributed by atoms with Gasteiger partial charge in [0.1, 0.15) is 5.70 Å². The number of nitro benzene ring substituents is 2. The highest BCUT2D eigenvalue weighted by Crippen LogP contribution is 2.36. The Balaban J connectivity index is 1.97. The van der Waals surface area contributed by atoms with Crippen LogP contribution in [0.15, 0.2) is 60.3 Å². The number of hydrogen-bond donors (Lipinski definition) is 1. The van der Waals surface area contributed by atoms with Crippen molar-refractivity contribution in [2.75, 3.05) is 16.8 Å². The third-order valence-corrected chi connectivity index (χ3v) is 4.69. The van der Waals surface area contributed by atoms with Gasteiger partial charge in [-0.3, -0.25) is 29.9 Å². The lowest BCUT2D eigenvalue weighted by Gasteiger charge is -2.32. The highest BCUT2D eigenvalue weighted by molar-refractivity contribution is 6.16. The molecule has 160 valence electrons. The van der Waals surface area contributed by atoms with Crippen molar-refractivity contribution in [2.24, 2.45) is 0 Å². The molecule has 11 heteroatoms. The predicted octanol–water partition coefficient (Wildman–Crippen LogP) is 3.17. The number of ether oxygens (including phenoxy) is 1. The Bertz CT molecular complexity index is 1080. The van der Waals surface area contributed by atoms with Crippen molar-refractivity contribution in [1.29, 1.82) is 0 Å². The summed E-state index contributed by atoms with van der Waals surface area (Å²) in [7, 11) is 0. The van der Waals surface area contributed by atoms with Crippen LogP contribution in [0.1, 0.15) is 13.8 Å². The molecule has 2 aromatic carbocycles. The third-order valence-electron chi connectivity index (χ3n) is 4.69. The van der Waals surface area contributed by atoms with Crippen LogP contribution in [0.3, 0.4) is 0 Å². The highest BCUT2D eigenvalue weighted by Gasteiger charge is 2.49. The van der Waals surface area contributed by atoms with Crippen LogP contribution in [0.25, 0.3) is 0 Å². The minimum Gasteiger partial charge on any atom is -0.464 e. The van der Waals surface area contributed by atoms with Crippen molar-refractivity contribution < 1.29 is 24.2 Å². The Hall–Kier alpha value is -4.28. The fourth-order valence-corrected chi connectivity index (χ4v) is 3.19. The fraction of sp³-hybridized carbons (Fsp3) is 0.200. The van der Waals surface area contributed by atoms with Gasteiger partial charge in [0.05, 0.1) is 16.5 Å². The van der Waals surface area contributed by atoms with Gasteiger partial charge in [-0.05, 0) is 44.2 Å². The van der Waals surface area contributed by atoms with Crippen molar-refractivity contribution >= 4 is 34.6 Å². The number of esters is 1. The maximum atomic E-state index is 13.2. The summed E-state index contributed by atoms with van der Waals surface area (Å²) in [4.78, 5) is 47.7. The number of rotatable bonds is 7. The summed E-state index contributed by atoms with van der Waals surface area (Å²) in [5.41, 5.74) is -1.05. The standard InChI is InChI=1S/C20H18N4O7/c1-3-31-19(26)20(2)12-17(21-13-4-6-15(7-5-13)23(27)28)18(25)22(20)14-8-10-16(11-9-14)24(29)30/h4-12,21H,3H2,1-2H3/t20-/m1/s1. The van der Waals surface area contributed by atoms with E-state index in [-0.39, 0.29) is 29.4 Å². The van der Waals surface area contributed by atoms with Crippen LogP contribution in [-0.4, -0.2) is 33.9 Å². The molecule has 0 fully saturated rings. The molecule has 1 heterocycles. The second kappa shape index (κ2) is 8.22. The van der Waals surface area contributed by atoms with E-state index in [9.17, 15) is 29.8 Å². The molecule has 0 aliphatic carbocycles. The second-order valence-corrected chi connectivity index (χ2v) is 6.77. The summed E-state index contributed by atoms with van der Waals surface area (Å²) in [5, 5.41) is 24.6. The molecule has 0 bridgehead atoms. The van der Waals surface area contributed by atoms with Crippen LogP contribution in [-0.2, 0) is 14.3 Å². The largest absolute Gasteiger partial charge is 0.464 e. The van der Waals surface area contributed by atoms with Gasteiger partial charge in [0.15, 0.2) is 5.54 Å². The molecular formula is C20H18N4O7.